The zero-order chi connectivity index (χ0) is 38.2. The van der Waals surface area contributed by atoms with Gasteiger partial charge in [0.2, 0.25) is 5.91 Å². The third-order valence-electron chi connectivity index (χ3n) is 9.97. The molecule has 3 aromatic rings. The molecule has 0 saturated heterocycles. The van der Waals surface area contributed by atoms with Crippen molar-refractivity contribution in [2.24, 2.45) is 0 Å². The molecule has 2 aliphatic rings. The molecule has 52 heavy (non-hydrogen) atoms. The predicted molar refractivity (Wildman–Crippen MR) is 194 cm³/mol. The van der Waals surface area contributed by atoms with Crippen LogP contribution in [0, 0.1) is 13.8 Å². The second-order valence-electron chi connectivity index (χ2n) is 13.1. The monoisotopic (exact) mass is 711 g/mol. The SMILES string of the molecule is C=Cc1c(C)c2cc3nc(c(CC(=O)NC(CC(=O)O)C(=O)O)c4[nH]c(cc5nc(cc1[nH]2)C(C)=C5CC)c(C)c4C(=O)O)C(CCC(=O)O)C3C. The Kier molecular flexibility index (Phi) is 10.5. The Morgan fingerprint density at radius 1 is 0.923 bits per heavy atom. The molecular weight excluding hydrogens is 670 g/mol. The first-order valence-electron chi connectivity index (χ1n) is 16.8. The molecule has 3 unspecified atom stereocenters. The van der Waals surface area contributed by atoms with Crippen molar-refractivity contribution in [3.63, 3.8) is 0 Å². The van der Waals surface area contributed by atoms with Crippen LogP contribution in [0.15, 0.2) is 24.8 Å². The van der Waals surface area contributed by atoms with Crippen molar-refractivity contribution in [2.75, 3.05) is 0 Å². The van der Waals surface area contributed by atoms with Gasteiger partial charge >= 0.3 is 23.9 Å². The number of hydrogen-bond donors (Lipinski definition) is 7. The van der Waals surface area contributed by atoms with Crippen molar-refractivity contribution in [3.05, 3.63) is 75.4 Å². The van der Waals surface area contributed by atoms with E-state index >= 15 is 0 Å². The van der Waals surface area contributed by atoms with E-state index in [0.717, 1.165) is 27.8 Å². The van der Waals surface area contributed by atoms with E-state index in [4.69, 9.17) is 9.97 Å². The van der Waals surface area contributed by atoms with Crippen LogP contribution in [0.2, 0.25) is 0 Å². The molecule has 0 aromatic carbocycles. The quantitative estimate of drug-likeness (QED) is 0.116. The number of amides is 1. The molecule has 1 amide bonds. The molecule has 0 radical (unpaired) electrons. The van der Waals surface area contributed by atoms with Gasteiger partial charge < -0.3 is 35.7 Å². The summed E-state index contributed by atoms with van der Waals surface area (Å²) in [4.78, 5) is 78.3. The molecule has 0 aliphatic carbocycles. The number of carbonyl (C=O) groups is 5. The highest BCUT2D eigenvalue weighted by Crippen LogP contribution is 2.43. The maximum atomic E-state index is 13.6. The van der Waals surface area contributed by atoms with Crippen LogP contribution in [0.5, 0.6) is 0 Å². The molecule has 14 nitrogen and oxygen atoms in total. The minimum absolute atomic E-state index is 0.0384. The number of rotatable bonds is 12. The standard InChI is InChI=1S/C38H41N5O9/c1-7-20-16(3)24-12-26-18(5)22(9-10-32(45)46)35(42-26)23(11-31(44)41-30(37(49)50)15-33(47)48)36-34(38(51)52)19(6)27(43-36)14-29-21(8-2)17(4)25(40-29)13-28(20)39-24/h7,12-14,18,22,30,39,43H,1,8-11,15H2,2-6H3,(H,41,44)(H,45,46)(H,47,48)(H,49,50)(H,51,52). The summed E-state index contributed by atoms with van der Waals surface area (Å²) in [6, 6.07) is 3.77. The van der Waals surface area contributed by atoms with Crippen molar-refractivity contribution in [1.82, 2.24) is 25.3 Å². The van der Waals surface area contributed by atoms with E-state index in [-0.39, 0.29) is 35.2 Å². The number of aliphatic carboxylic acids is 3. The Balaban J connectivity index is 1.96. The second kappa shape index (κ2) is 14.7. The van der Waals surface area contributed by atoms with Gasteiger partial charge in [0.25, 0.3) is 0 Å². The minimum atomic E-state index is -1.76. The Labute approximate surface area is 298 Å². The highest BCUT2D eigenvalue weighted by Gasteiger charge is 2.34. The van der Waals surface area contributed by atoms with Crippen molar-refractivity contribution in [2.45, 2.75) is 84.6 Å². The number of carboxylic acids is 4. The number of hydrogen-bond acceptors (Lipinski definition) is 7. The van der Waals surface area contributed by atoms with E-state index in [0.29, 0.717) is 40.1 Å². The third-order valence-corrected chi connectivity index (χ3v) is 9.97. The zero-order valence-electron chi connectivity index (χ0n) is 29.5. The first-order valence-corrected chi connectivity index (χ1v) is 16.8. The number of aromatic carboxylic acids is 1. The molecule has 2 aliphatic heterocycles. The summed E-state index contributed by atoms with van der Waals surface area (Å²) in [7, 11) is 0. The van der Waals surface area contributed by atoms with Gasteiger partial charge in [0, 0.05) is 51.6 Å². The van der Waals surface area contributed by atoms with E-state index in [1.54, 1.807) is 19.1 Å². The van der Waals surface area contributed by atoms with Gasteiger partial charge in [-0.25, -0.2) is 14.6 Å². The lowest BCUT2D eigenvalue weighted by Gasteiger charge is -2.18. The molecule has 14 heteroatoms. The molecule has 7 N–H and O–H groups in total. The molecule has 272 valence electrons. The maximum absolute atomic E-state index is 13.6. The third kappa shape index (κ3) is 7.09. The Morgan fingerprint density at radius 2 is 1.60 bits per heavy atom. The fourth-order valence-electron chi connectivity index (χ4n) is 7.16. The van der Waals surface area contributed by atoms with E-state index in [9.17, 15) is 44.4 Å². The lowest BCUT2D eigenvalue weighted by atomic mass is 9.85. The van der Waals surface area contributed by atoms with Crippen LogP contribution in [0.25, 0.3) is 39.3 Å². The number of fused-ring (bicyclic) bond motifs is 8. The highest BCUT2D eigenvalue weighted by molar-refractivity contribution is 6.03. The van der Waals surface area contributed by atoms with E-state index < -0.39 is 60.5 Å². The largest absolute Gasteiger partial charge is 0.481 e. The van der Waals surface area contributed by atoms with Gasteiger partial charge in [-0.1, -0.05) is 26.5 Å². The first-order chi connectivity index (χ1) is 24.6. The van der Waals surface area contributed by atoms with Gasteiger partial charge in [-0.2, -0.15) is 0 Å². The predicted octanol–water partition coefficient (Wildman–Crippen LogP) is 5.95. The average molecular weight is 712 g/mol. The van der Waals surface area contributed by atoms with Crippen LogP contribution < -0.4 is 5.32 Å². The smallest absolute Gasteiger partial charge is 0.338 e. The van der Waals surface area contributed by atoms with Gasteiger partial charge in [-0.3, -0.25) is 19.4 Å². The number of carboxylic acid groups (broad SMARTS) is 4. The zero-order valence-corrected chi connectivity index (χ0v) is 29.5. The summed E-state index contributed by atoms with van der Waals surface area (Å²) >= 11 is 0. The van der Waals surface area contributed by atoms with E-state index in [1.807, 2.05) is 39.8 Å². The number of carbonyl (C=O) groups excluding carboxylic acids is 1. The fourth-order valence-corrected chi connectivity index (χ4v) is 7.16. The summed E-state index contributed by atoms with van der Waals surface area (Å²) in [6.07, 6.45) is 0.739. The summed E-state index contributed by atoms with van der Waals surface area (Å²) in [5, 5.41) is 41.4. The number of aryl methyl sites for hydroxylation is 2. The topological polar surface area (TPSA) is 236 Å². The van der Waals surface area contributed by atoms with Gasteiger partial charge in [0.1, 0.15) is 6.04 Å². The van der Waals surface area contributed by atoms with Crippen LogP contribution in [0.4, 0.5) is 0 Å². The van der Waals surface area contributed by atoms with Crippen molar-refractivity contribution < 1.29 is 44.4 Å². The van der Waals surface area contributed by atoms with Crippen molar-refractivity contribution in [3.8, 4) is 0 Å². The van der Waals surface area contributed by atoms with Crippen LogP contribution >= 0.6 is 0 Å². The Morgan fingerprint density at radius 3 is 2.19 bits per heavy atom. The summed E-state index contributed by atoms with van der Waals surface area (Å²) in [5.74, 6) is -7.25. The van der Waals surface area contributed by atoms with Crippen molar-refractivity contribution in [1.29, 1.82) is 0 Å². The Hall–Kier alpha value is -6.05. The fraction of sp³-hybridized carbons (Fsp3) is 0.342. The maximum Gasteiger partial charge on any atom is 0.338 e. The molecule has 3 atom stereocenters. The van der Waals surface area contributed by atoms with E-state index in [2.05, 4.69) is 21.9 Å². The number of H-pyrrole nitrogens is 2. The molecule has 0 fully saturated rings. The first kappa shape index (κ1) is 37.2. The molecule has 0 saturated carbocycles. The van der Waals surface area contributed by atoms with Gasteiger partial charge in [-0.05, 0) is 74.1 Å². The molecule has 3 aromatic heterocycles. The molecule has 8 bridgehead atoms. The Bertz CT molecular complexity index is 2240. The molecule has 5 heterocycles. The lowest BCUT2D eigenvalue weighted by molar-refractivity contribution is -0.147. The van der Waals surface area contributed by atoms with Gasteiger partial charge in [0.05, 0.1) is 41.0 Å². The lowest BCUT2D eigenvalue weighted by Crippen LogP contribution is -2.43. The van der Waals surface area contributed by atoms with Gasteiger partial charge in [-0.15, -0.1) is 0 Å². The number of allylic oxidation sites excluding steroid dienone is 2. The number of nitrogens with zero attached hydrogens (tertiary/aromatic N) is 2. The number of aromatic nitrogens is 4. The normalized spacial score (nSPS) is 16.0. The molecule has 5 rings (SSSR count). The average Bonchev–Trinajstić information content (AvgIpc) is 3.74. The molecule has 0 spiro atoms. The van der Waals surface area contributed by atoms with Crippen LogP contribution in [-0.2, 0) is 25.6 Å². The summed E-state index contributed by atoms with van der Waals surface area (Å²) in [5.41, 5.74) is 7.97. The van der Waals surface area contributed by atoms with Gasteiger partial charge in [0.15, 0.2) is 0 Å². The highest BCUT2D eigenvalue weighted by atomic mass is 16.4. The number of aromatic amines is 2. The van der Waals surface area contributed by atoms with Crippen LogP contribution in [0.1, 0.15) is 114 Å². The minimum Gasteiger partial charge on any atom is -0.481 e. The summed E-state index contributed by atoms with van der Waals surface area (Å²) < 4.78 is 0. The summed E-state index contributed by atoms with van der Waals surface area (Å²) in [6.45, 7) is 13.4. The van der Waals surface area contributed by atoms with Crippen molar-refractivity contribution >= 4 is 69.1 Å². The van der Waals surface area contributed by atoms with E-state index in [1.165, 1.54) is 0 Å². The van der Waals surface area contributed by atoms with Crippen LogP contribution in [0.3, 0.4) is 0 Å². The number of nitrogens with one attached hydrogen (secondary N) is 3. The second-order valence-corrected chi connectivity index (χ2v) is 13.1. The van der Waals surface area contributed by atoms with Crippen LogP contribution in [-0.4, -0.2) is 76.2 Å². The molecular formula is C38H41N5O9.